The zero-order chi connectivity index (χ0) is 20.2. The second-order valence-electron chi connectivity index (χ2n) is 6.95. The highest BCUT2D eigenvalue weighted by Gasteiger charge is 2.28. The Bertz CT molecular complexity index is 1000. The number of carboxylic acid groups (broad SMARTS) is 1. The lowest BCUT2D eigenvalue weighted by Gasteiger charge is -2.16. The summed E-state index contributed by atoms with van der Waals surface area (Å²) in [5, 5.41) is 12.1. The van der Waals surface area contributed by atoms with Crippen LogP contribution in [0.1, 0.15) is 38.6 Å². The molecule has 0 aliphatic carbocycles. The number of hydrogen-bond acceptors (Lipinski definition) is 5. The van der Waals surface area contributed by atoms with Crippen molar-refractivity contribution >= 4 is 23.5 Å². The summed E-state index contributed by atoms with van der Waals surface area (Å²) in [6.07, 6.45) is 3.91. The Kier molecular flexibility index (Phi) is 5.20. The van der Waals surface area contributed by atoms with Crippen molar-refractivity contribution in [1.82, 2.24) is 14.9 Å². The number of benzene rings is 2. The minimum Gasteiger partial charge on any atom is -0.478 e. The molecule has 1 atom stereocenters. The maximum Gasteiger partial charge on any atom is 0.335 e. The Hall–Kier alpha value is -3.74. The number of aromatic carboxylic acids is 1. The summed E-state index contributed by atoms with van der Waals surface area (Å²) in [6.45, 7) is 1.24. The molecule has 1 aliphatic heterocycles. The van der Waals surface area contributed by atoms with Crippen molar-refractivity contribution in [1.29, 1.82) is 0 Å². The van der Waals surface area contributed by atoms with E-state index in [2.05, 4.69) is 15.3 Å². The van der Waals surface area contributed by atoms with Crippen LogP contribution in [0.4, 0.5) is 11.6 Å². The summed E-state index contributed by atoms with van der Waals surface area (Å²) in [5.41, 5.74) is 2.64. The minimum atomic E-state index is -0.940. The fourth-order valence-electron chi connectivity index (χ4n) is 3.45. The van der Waals surface area contributed by atoms with Crippen molar-refractivity contribution in [2.24, 2.45) is 0 Å². The molecular formula is C22H20N4O3. The van der Waals surface area contributed by atoms with Crippen LogP contribution in [-0.2, 0) is 0 Å². The Morgan fingerprint density at radius 2 is 1.66 bits per heavy atom. The van der Waals surface area contributed by atoms with Crippen LogP contribution in [0, 0.1) is 0 Å². The van der Waals surface area contributed by atoms with Crippen molar-refractivity contribution in [3.63, 3.8) is 0 Å². The molecule has 146 valence electrons. The van der Waals surface area contributed by atoms with E-state index in [1.54, 1.807) is 17.0 Å². The van der Waals surface area contributed by atoms with Crippen LogP contribution in [0.3, 0.4) is 0 Å². The molecule has 1 fully saturated rings. The molecule has 2 aromatic carbocycles. The van der Waals surface area contributed by atoms with E-state index in [0.717, 1.165) is 17.7 Å². The molecule has 1 amide bonds. The molecule has 7 nitrogen and oxygen atoms in total. The van der Waals surface area contributed by atoms with E-state index in [1.165, 1.54) is 12.4 Å². The normalized spacial score (nSPS) is 15.9. The second kappa shape index (κ2) is 8.10. The van der Waals surface area contributed by atoms with Gasteiger partial charge >= 0.3 is 5.97 Å². The number of amides is 1. The smallest absolute Gasteiger partial charge is 0.335 e. The third-order valence-corrected chi connectivity index (χ3v) is 5.03. The number of nitrogens with zero attached hydrogens (tertiary/aromatic N) is 3. The van der Waals surface area contributed by atoms with Crippen molar-refractivity contribution in [2.45, 2.75) is 12.3 Å². The molecule has 2 heterocycles. The zero-order valence-corrected chi connectivity index (χ0v) is 15.7. The van der Waals surface area contributed by atoms with Gasteiger partial charge in [-0.2, -0.15) is 0 Å². The van der Waals surface area contributed by atoms with Crippen molar-refractivity contribution in [3.05, 3.63) is 83.7 Å². The fraction of sp³-hybridized carbons (Fsp3) is 0.182. The summed E-state index contributed by atoms with van der Waals surface area (Å²) in [5.74, 6) is -0.404. The first kappa shape index (κ1) is 18.6. The SMILES string of the molecule is O=C(O)c1ccc([C@H]2CCN(C(=O)c3cnc(Nc4ccccc4)nc3)C2)cc1. The molecule has 1 saturated heterocycles. The summed E-state index contributed by atoms with van der Waals surface area (Å²) >= 11 is 0. The fourth-order valence-corrected chi connectivity index (χ4v) is 3.45. The van der Waals surface area contributed by atoms with Gasteiger partial charge < -0.3 is 15.3 Å². The molecule has 1 aliphatic rings. The number of aromatic nitrogens is 2. The van der Waals surface area contributed by atoms with Gasteiger partial charge in [-0.15, -0.1) is 0 Å². The maximum atomic E-state index is 12.8. The number of carbonyl (C=O) groups is 2. The van der Waals surface area contributed by atoms with Crippen LogP contribution in [0.2, 0.25) is 0 Å². The Morgan fingerprint density at radius 3 is 2.31 bits per heavy atom. The highest BCUT2D eigenvalue weighted by Crippen LogP contribution is 2.28. The molecule has 2 N–H and O–H groups in total. The van der Waals surface area contributed by atoms with Gasteiger partial charge in [-0.1, -0.05) is 30.3 Å². The Balaban J connectivity index is 1.39. The van der Waals surface area contributed by atoms with E-state index < -0.39 is 5.97 Å². The van der Waals surface area contributed by atoms with E-state index in [0.29, 0.717) is 24.6 Å². The van der Waals surface area contributed by atoms with E-state index in [4.69, 9.17) is 5.11 Å². The van der Waals surface area contributed by atoms with Gasteiger partial charge in [-0.25, -0.2) is 14.8 Å². The van der Waals surface area contributed by atoms with E-state index in [-0.39, 0.29) is 17.4 Å². The topological polar surface area (TPSA) is 95.4 Å². The number of carbonyl (C=O) groups excluding carboxylic acids is 1. The average Bonchev–Trinajstić information content (AvgIpc) is 3.25. The first-order valence-corrected chi connectivity index (χ1v) is 9.37. The number of hydrogen-bond donors (Lipinski definition) is 2. The summed E-state index contributed by atoms with van der Waals surface area (Å²) in [6, 6.07) is 16.5. The molecular weight excluding hydrogens is 368 g/mol. The quantitative estimate of drug-likeness (QED) is 0.694. The van der Waals surface area contributed by atoms with Gasteiger partial charge in [0.05, 0.1) is 11.1 Å². The van der Waals surface area contributed by atoms with Crippen molar-refractivity contribution < 1.29 is 14.7 Å². The van der Waals surface area contributed by atoms with Crippen LogP contribution < -0.4 is 5.32 Å². The number of likely N-dealkylation sites (tertiary alicyclic amines) is 1. The first-order chi connectivity index (χ1) is 14.1. The molecule has 7 heteroatoms. The van der Waals surface area contributed by atoms with Gasteiger partial charge in [0.1, 0.15) is 0 Å². The van der Waals surface area contributed by atoms with Gasteiger partial charge in [-0.3, -0.25) is 4.79 Å². The van der Waals surface area contributed by atoms with E-state index >= 15 is 0 Å². The summed E-state index contributed by atoms with van der Waals surface area (Å²) in [7, 11) is 0. The lowest BCUT2D eigenvalue weighted by atomic mass is 9.97. The zero-order valence-electron chi connectivity index (χ0n) is 15.7. The van der Waals surface area contributed by atoms with Gasteiger partial charge in [-0.05, 0) is 36.2 Å². The molecule has 29 heavy (non-hydrogen) atoms. The second-order valence-corrected chi connectivity index (χ2v) is 6.95. The largest absolute Gasteiger partial charge is 0.478 e. The standard InChI is InChI=1S/C22H20N4O3/c27-20(18-12-23-22(24-13-18)25-19-4-2-1-3-5-19)26-11-10-17(14-26)15-6-8-16(9-7-15)21(28)29/h1-9,12-13,17H,10-11,14H2,(H,28,29)(H,23,24,25)/t17-/m0/s1. The molecule has 0 saturated carbocycles. The third-order valence-electron chi connectivity index (χ3n) is 5.03. The van der Waals surface area contributed by atoms with Crippen molar-refractivity contribution in [2.75, 3.05) is 18.4 Å². The van der Waals surface area contributed by atoms with Gasteiger partial charge in [0.2, 0.25) is 5.95 Å². The predicted octanol–water partition coefficient (Wildman–Crippen LogP) is 3.55. The number of rotatable bonds is 5. The molecule has 0 unspecified atom stereocenters. The Labute approximate surface area is 168 Å². The van der Waals surface area contributed by atoms with Gasteiger partial charge in [0, 0.05) is 37.1 Å². The minimum absolute atomic E-state index is 0.0964. The van der Waals surface area contributed by atoms with Crippen molar-refractivity contribution in [3.8, 4) is 0 Å². The van der Waals surface area contributed by atoms with Crippen LogP contribution in [0.25, 0.3) is 0 Å². The van der Waals surface area contributed by atoms with Crippen LogP contribution in [0.5, 0.6) is 0 Å². The molecule has 4 rings (SSSR count). The Morgan fingerprint density at radius 1 is 0.966 bits per heavy atom. The maximum absolute atomic E-state index is 12.8. The third kappa shape index (κ3) is 4.24. The van der Waals surface area contributed by atoms with Crippen LogP contribution in [-0.4, -0.2) is 44.9 Å². The number of anilines is 2. The summed E-state index contributed by atoms with van der Waals surface area (Å²) in [4.78, 5) is 34.1. The average molecular weight is 388 g/mol. The number of carboxylic acids is 1. The number of nitrogens with one attached hydrogen (secondary N) is 1. The van der Waals surface area contributed by atoms with E-state index in [1.807, 2.05) is 42.5 Å². The molecule has 0 radical (unpaired) electrons. The lowest BCUT2D eigenvalue weighted by molar-refractivity contribution is 0.0696. The molecule has 0 bridgehead atoms. The first-order valence-electron chi connectivity index (χ1n) is 9.37. The van der Waals surface area contributed by atoms with Crippen LogP contribution in [0.15, 0.2) is 67.0 Å². The molecule has 1 aromatic heterocycles. The van der Waals surface area contributed by atoms with Gasteiger partial charge in [0.15, 0.2) is 0 Å². The lowest BCUT2D eigenvalue weighted by Crippen LogP contribution is -2.28. The van der Waals surface area contributed by atoms with E-state index in [9.17, 15) is 9.59 Å². The molecule has 0 spiro atoms. The highest BCUT2D eigenvalue weighted by molar-refractivity contribution is 5.94. The predicted molar refractivity (Wildman–Crippen MR) is 108 cm³/mol. The monoisotopic (exact) mass is 388 g/mol. The number of para-hydroxylation sites is 1. The van der Waals surface area contributed by atoms with Crippen LogP contribution >= 0.6 is 0 Å². The highest BCUT2D eigenvalue weighted by atomic mass is 16.4. The summed E-state index contributed by atoms with van der Waals surface area (Å²) < 4.78 is 0. The molecule has 3 aromatic rings. The van der Waals surface area contributed by atoms with Gasteiger partial charge in [0.25, 0.3) is 5.91 Å².